The minimum atomic E-state index is -0.106. The summed E-state index contributed by atoms with van der Waals surface area (Å²) < 4.78 is 7.08. The van der Waals surface area contributed by atoms with Crippen molar-refractivity contribution < 1.29 is 14.3 Å². The predicted octanol–water partition coefficient (Wildman–Crippen LogP) is 3.24. The average molecular weight is 525 g/mol. The number of amides is 2. The van der Waals surface area contributed by atoms with E-state index < -0.39 is 0 Å². The number of hydrogen-bond acceptors (Lipinski definition) is 6. The molecule has 4 rings (SSSR count). The highest BCUT2D eigenvalue weighted by molar-refractivity contribution is 5.94. The smallest absolute Gasteiger partial charge is 0.276 e. The molecule has 2 amide bonds. The molecule has 1 aromatic carbocycles. The summed E-state index contributed by atoms with van der Waals surface area (Å²) >= 11 is 0. The van der Waals surface area contributed by atoms with Gasteiger partial charge in [-0.1, -0.05) is 37.3 Å². The van der Waals surface area contributed by atoms with Crippen molar-refractivity contribution >= 4 is 11.8 Å². The van der Waals surface area contributed by atoms with Crippen LogP contribution in [0.5, 0.6) is 0 Å². The Hall–Kier alpha value is -2.78. The van der Waals surface area contributed by atoms with Crippen LogP contribution in [0.1, 0.15) is 67.7 Å². The highest BCUT2D eigenvalue weighted by atomic mass is 16.5. The van der Waals surface area contributed by atoms with Gasteiger partial charge in [-0.2, -0.15) is 0 Å². The first-order valence-electron chi connectivity index (χ1n) is 14.2. The minimum Gasteiger partial charge on any atom is -0.385 e. The third kappa shape index (κ3) is 6.61. The van der Waals surface area contributed by atoms with E-state index in [1.807, 2.05) is 45.7 Å². The number of likely N-dealkylation sites (tertiary alicyclic amines) is 1. The fraction of sp³-hybridized carbons (Fsp3) is 0.655. The number of hydrogen-bond donors (Lipinski definition) is 1. The zero-order chi connectivity index (χ0) is 27.1. The summed E-state index contributed by atoms with van der Waals surface area (Å²) in [5.41, 5.74) is 3.27. The average Bonchev–Trinajstić information content (AvgIpc) is 3.60. The maximum Gasteiger partial charge on any atom is 0.276 e. The van der Waals surface area contributed by atoms with Crippen molar-refractivity contribution in [3.8, 4) is 5.69 Å². The lowest BCUT2D eigenvalue weighted by molar-refractivity contribution is -0.135. The van der Waals surface area contributed by atoms with Crippen molar-refractivity contribution in [1.82, 2.24) is 30.1 Å². The van der Waals surface area contributed by atoms with E-state index in [2.05, 4.69) is 29.5 Å². The molecule has 38 heavy (non-hydrogen) atoms. The highest BCUT2D eigenvalue weighted by Gasteiger charge is 2.37. The summed E-state index contributed by atoms with van der Waals surface area (Å²) in [4.78, 5) is 31.4. The molecule has 2 fully saturated rings. The fourth-order valence-electron chi connectivity index (χ4n) is 5.69. The second kappa shape index (κ2) is 13.3. The summed E-state index contributed by atoms with van der Waals surface area (Å²) in [7, 11) is 1.71. The van der Waals surface area contributed by atoms with Crippen molar-refractivity contribution in [3.63, 3.8) is 0 Å². The molecule has 9 nitrogen and oxygen atoms in total. The number of rotatable bonds is 11. The van der Waals surface area contributed by atoms with Crippen LogP contribution in [-0.4, -0.2) is 89.1 Å². The SMILES string of the molecule is COCCCCc1c(C(=O)N(CC(C)C)[C@@H]2CNC[C@H](C(=O)N3CCCC3)C2)nnn1-c1ccccc1C. The van der Waals surface area contributed by atoms with Crippen LogP contribution < -0.4 is 5.32 Å². The van der Waals surface area contributed by atoms with Gasteiger partial charge in [-0.15, -0.1) is 5.10 Å². The Bertz CT molecular complexity index is 1080. The highest BCUT2D eigenvalue weighted by Crippen LogP contribution is 2.25. The van der Waals surface area contributed by atoms with Gasteiger partial charge in [0, 0.05) is 52.5 Å². The molecule has 2 aliphatic heterocycles. The molecular weight excluding hydrogens is 480 g/mol. The van der Waals surface area contributed by atoms with Gasteiger partial charge >= 0.3 is 0 Å². The number of aryl methyl sites for hydroxylation is 1. The van der Waals surface area contributed by atoms with Gasteiger partial charge < -0.3 is 19.9 Å². The lowest BCUT2D eigenvalue weighted by atomic mass is 9.92. The number of ether oxygens (including phenoxy) is 1. The summed E-state index contributed by atoms with van der Waals surface area (Å²) in [6.45, 7) is 10.6. The number of nitrogens with one attached hydrogen (secondary N) is 1. The molecule has 0 bridgehead atoms. The van der Waals surface area contributed by atoms with Crippen molar-refractivity contribution in [2.75, 3.05) is 46.4 Å². The van der Waals surface area contributed by atoms with Crippen molar-refractivity contribution in [2.45, 2.75) is 65.3 Å². The third-order valence-corrected chi connectivity index (χ3v) is 7.68. The van der Waals surface area contributed by atoms with Gasteiger partial charge in [-0.25, -0.2) is 4.68 Å². The van der Waals surface area contributed by atoms with E-state index in [0.717, 1.165) is 55.7 Å². The van der Waals surface area contributed by atoms with Crippen LogP contribution in [0.3, 0.4) is 0 Å². The quantitative estimate of drug-likeness (QED) is 0.454. The van der Waals surface area contributed by atoms with Gasteiger partial charge in [0.25, 0.3) is 5.91 Å². The van der Waals surface area contributed by atoms with Crippen LogP contribution in [0.2, 0.25) is 0 Å². The summed E-state index contributed by atoms with van der Waals surface area (Å²) in [5.74, 6) is 0.304. The lowest BCUT2D eigenvalue weighted by Gasteiger charge is -2.39. The van der Waals surface area contributed by atoms with Crippen LogP contribution in [0, 0.1) is 18.8 Å². The number of piperidine rings is 1. The molecule has 1 aromatic heterocycles. The Labute approximate surface area is 226 Å². The number of methoxy groups -OCH3 is 1. The molecule has 2 aliphatic rings. The van der Waals surface area contributed by atoms with Crippen LogP contribution >= 0.6 is 0 Å². The Kier molecular flexibility index (Phi) is 9.91. The molecule has 1 N–H and O–H groups in total. The van der Waals surface area contributed by atoms with Crippen molar-refractivity contribution in [2.24, 2.45) is 11.8 Å². The molecule has 2 aromatic rings. The van der Waals surface area contributed by atoms with Gasteiger partial charge in [0.2, 0.25) is 5.91 Å². The van der Waals surface area contributed by atoms with Gasteiger partial charge in [-0.3, -0.25) is 9.59 Å². The van der Waals surface area contributed by atoms with E-state index in [9.17, 15) is 9.59 Å². The molecule has 0 spiro atoms. The monoisotopic (exact) mass is 524 g/mol. The maximum absolute atomic E-state index is 14.2. The van der Waals surface area contributed by atoms with E-state index in [0.29, 0.717) is 44.8 Å². The first kappa shape index (κ1) is 28.2. The Morgan fingerprint density at radius 3 is 2.63 bits per heavy atom. The van der Waals surface area contributed by atoms with Crippen LogP contribution in [0.4, 0.5) is 0 Å². The van der Waals surface area contributed by atoms with Crippen molar-refractivity contribution in [1.29, 1.82) is 0 Å². The third-order valence-electron chi connectivity index (χ3n) is 7.68. The standard InChI is InChI=1S/C29H44N6O3/c1-21(2)20-34(24-17-23(18-30-19-24)28(36)33-14-8-9-15-33)29(37)27-26(13-7-10-16-38-4)35(32-31-27)25-12-6-5-11-22(25)3/h5-6,11-12,21,23-24,30H,7-10,13-20H2,1-4H3/t23-,24+/m1/s1. The molecule has 3 heterocycles. The van der Waals surface area contributed by atoms with Crippen LogP contribution in [0.25, 0.3) is 5.69 Å². The molecular formula is C29H44N6O3. The molecule has 0 saturated carbocycles. The predicted molar refractivity (Wildman–Crippen MR) is 147 cm³/mol. The molecule has 2 saturated heterocycles. The summed E-state index contributed by atoms with van der Waals surface area (Å²) in [6.07, 6.45) is 5.28. The summed E-state index contributed by atoms with van der Waals surface area (Å²) in [5, 5.41) is 12.4. The topological polar surface area (TPSA) is 92.6 Å². The molecule has 208 valence electrons. The van der Waals surface area contributed by atoms with Gasteiger partial charge in [0.05, 0.1) is 17.3 Å². The number of nitrogens with zero attached hydrogens (tertiary/aromatic N) is 5. The number of carbonyl (C=O) groups is 2. The van der Waals surface area contributed by atoms with Crippen LogP contribution in [-0.2, 0) is 16.0 Å². The van der Waals surface area contributed by atoms with E-state index in [1.165, 1.54) is 0 Å². The maximum atomic E-state index is 14.2. The largest absolute Gasteiger partial charge is 0.385 e. The molecule has 9 heteroatoms. The van der Waals surface area contributed by atoms with Crippen molar-refractivity contribution in [3.05, 3.63) is 41.2 Å². The normalized spacial score (nSPS) is 19.8. The molecule has 0 unspecified atom stereocenters. The van der Waals surface area contributed by atoms with Gasteiger partial charge in [-0.05, 0) is 63.0 Å². The fourth-order valence-corrected chi connectivity index (χ4v) is 5.69. The number of para-hydroxylation sites is 1. The molecule has 0 aliphatic carbocycles. The number of aromatic nitrogens is 3. The van der Waals surface area contributed by atoms with Gasteiger partial charge in [0.15, 0.2) is 5.69 Å². The first-order valence-corrected chi connectivity index (χ1v) is 14.2. The number of carbonyl (C=O) groups excluding carboxylic acids is 2. The Balaban J connectivity index is 1.61. The zero-order valence-electron chi connectivity index (χ0n) is 23.5. The summed E-state index contributed by atoms with van der Waals surface area (Å²) in [6, 6.07) is 7.98. The minimum absolute atomic E-state index is 0.0693. The van der Waals surface area contributed by atoms with Crippen LogP contribution in [0.15, 0.2) is 24.3 Å². The second-order valence-electron chi connectivity index (χ2n) is 11.2. The van der Waals surface area contributed by atoms with E-state index >= 15 is 0 Å². The van der Waals surface area contributed by atoms with E-state index in [-0.39, 0.29) is 29.7 Å². The Morgan fingerprint density at radius 2 is 1.92 bits per heavy atom. The van der Waals surface area contributed by atoms with E-state index in [4.69, 9.17) is 4.74 Å². The lowest BCUT2D eigenvalue weighted by Crippen LogP contribution is -2.55. The second-order valence-corrected chi connectivity index (χ2v) is 11.2. The zero-order valence-corrected chi connectivity index (χ0v) is 23.5. The number of benzene rings is 1. The Morgan fingerprint density at radius 1 is 1.16 bits per heavy atom. The number of unbranched alkanes of at least 4 members (excludes halogenated alkanes) is 1. The first-order chi connectivity index (χ1) is 18.4. The molecule has 2 atom stereocenters. The van der Waals surface area contributed by atoms with Gasteiger partial charge in [0.1, 0.15) is 0 Å². The molecule has 0 radical (unpaired) electrons. The van der Waals surface area contributed by atoms with E-state index in [1.54, 1.807) is 7.11 Å².